The molecule has 3 heterocycles. The van der Waals surface area contributed by atoms with Crippen molar-refractivity contribution < 1.29 is 22.7 Å². The van der Waals surface area contributed by atoms with Gasteiger partial charge >= 0.3 is 6.09 Å². The number of anilines is 1. The Morgan fingerprint density at radius 3 is 2.33 bits per heavy atom. The molecule has 0 spiro atoms. The van der Waals surface area contributed by atoms with Crippen molar-refractivity contribution in [3.8, 4) is 11.3 Å². The summed E-state index contributed by atoms with van der Waals surface area (Å²) in [5.41, 5.74) is 8.10. The van der Waals surface area contributed by atoms with E-state index in [1.807, 2.05) is 24.0 Å². The molecule has 2 aromatic rings. The van der Waals surface area contributed by atoms with Gasteiger partial charge in [-0.25, -0.2) is 22.5 Å². The number of rotatable bonds is 7. The number of hydrogen-bond donors (Lipinski definition) is 3. The van der Waals surface area contributed by atoms with Crippen LogP contribution >= 0.6 is 11.6 Å². The number of imidazole rings is 1. The zero-order valence-corrected chi connectivity index (χ0v) is 26.7. The van der Waals surface area contributed by atoms with Crippen LogP contribution < -0.4 is 11.1 Å². The first-order valence-corrected chi connectivity index (χ1v) is 17.4. The maximum Gasteiger partial charge on any atom is 0.411 e. The summed E-state index contributed by atoms with van der Waals surface area (Å²) in [7, 11) is -1.91. The normalized spacial score (nSPS) is 26.3. The van der Waals surface area contributed by atoms with E-state index in [-0.39, 0.29) is 29.8 Å². The molecule has 0 bridgehead atoms. The average molecular weight is 635 g/mol. The van der Waals surface area contributed by atoms with Gasteiger partial charge in [0.05, 0.1) is 19.4 Å². The predicted octanol–water partition coefficient (Wildman–Crippen LogP) is 4.62. The molecule has 1 saturated carbocycles. The minimum absolute atomic E-state index is 0.0388. The summed E-state index contributed by atoms with van der Waals surface area (Å²) < 4.78 is 30.4. The summed E-state index contributed by atoms with van der Waals surface area (Å²) in [4.78, 5) is 35.8. The second-order valence-corrected chi connectivity index (χ2v) is 14.8. The van der Waals surface area contributed by atoms with Crippen molar-refractivity contribution in [2.75, 3.05) is 38.3 Å². The highest BCUT2D eigenvalue weighted by Gasteiger charge is 2.44. The molecule has 4 N–H and O–H groups in total. The second-order valence-electron chi connectivity index (χ2n) is 12.5. The number of nitrogens with one attached hydrogen (secondary N) is 2. The van der Waals surface area contributed by atoms with Crippen molar-refractivity contribution in [3.05, 3.63) is 35.2 Å². The van der Waals surface area contributed by atoms with Gasteiger partial charge in [0.2, 0.25) is 15.9 Å². The summed E-state index contributed by atoms with van der Waals surface area (Å²) in [6.45, 7) is 3.70. The molecule has 43 heavy (non-hydrogen) atoms. The van der Waals surface area contributed by atoms with Gasteiger partial charge < -0.3 is 20.4 Å². The lowest BCUT2D eigenvalue weighted by Crippen LogP contribution is -2.41. The number of aromatic nitrogens is 2. The number of carbonyl (C=O) groups is 2. The maximum absolute atomic E-state index is 14.1. The Bertz CT molecular complexity index is 1400. The number of H-pyrrole nitrogens is 1. The Hall–Kier alpha value is -2.67. The Kier molecular flexibility index (Phi) is 9.70. The molecule has 236 valence electrons. The fraction of sp³-hybridized carbons (Fsp3) is 0.633. The highest BCUT2D eigenvalue weighted by Crippen LogP contribution is 2.44. The first kappa shape index (κ1) is 31.7. The summed E-state index contributed by atoms with van der Waals surface area (Å²) >= 11 is 6.68. The van der Waals surface area contributed by atoms with Crippen LogP contribution in [0.25, 0.3) is 11.3 Å². The SMILES string of the molecule is COC(=O)Nc1ccc(-c2nc(C3CC(C4CCN(S(C)(=O)=O)CC4)CN3C(=O)C3CCC(C(C)N)CC3)[nH]c2Cl)cc1. The summed E-state index contributed by atoms with van der Waals surface area (Å²) in [6.07, 6.45) is 6.60. The number of aromatic amines is 1. The number of carbonyl (C=O) groups excluding carboxylic acids is 2. The van der Waals surface area contributed by atoms with Crippen molar-refractivity contribution in [3.63, 3.8) is 0 Å². The van der Waals surface area contributed by atoms with Gasteiger partial charge in [-0.3, -0.25) is 10.1 Å². The minimum atomic E-state index is -3.21. The van der Waals surface area contributed by atoms with Crippen molar-refractivity contribution in [1.29, 1.82) is 0 Å². The highest BCUT2D eigenvalue weighted by molar-refractivity contribution is 7.88. The first-order valence-electron chi connectivity index (χ1n) is 15.2. The Balaban J connectivity index is 1.36. The van der Waals surface area contributed by atoms with E-state index < -0.39 is 16.1 Å². The van der Waals surface area contributed by atoms with Crippen LogP contribution in [-0.2, 0) is 19.6 Å². The number of likely N-dealkylation sites (tertiary alicyclic amines) is 1. The zero-order valence-electron chi connectivity index (χ0n) is 25.1. The molecule has 1 aromatic heterocycles. The van der Waals surface area contributed by atoms with E-state index in [9.17, 15) is 18.0 Å². The molecule has 3 atom stereocenters. The van der Waals surface area contributed by atoms with Crippen LogP contribution in [0, 0.1) is 23.7 Å². The number of amides is 2. The molecule has 5 rings (SSSR count). The Morgan fingerprint density at radius 1 is 1.09 bits per heavy atom. The molecule has 2 amide bonds. The third-order valence-corrected chi connectivity index (χ3v) is 11.3. The van der Waals surface area contributed by atoms with Gasteiger partial charge in [0.1, 0.15) is 16.7 Å². The molecule has 13 heteroatoms. The van der Waals surface area contributed by atoms with E-state index in [0.29, 0.717) is 53.8 Å². The summed E-state index contributed by atoms with van der Waals surface area (Å²) in [5.74, 6) is 1.80. The van der Waals surface area contributed by atoms with Gasteiger partial charge in [0, 0.05) is 42.8 Å². The molecule has 3 fully saturated rings. The molecule has 1 aromatic carbocycles. The number of nitrogens with two attached hydrogens (primary N) is 1. The van der Waals surface area contributed by atoms with E-state index in [0.717, 1.165) is 50.5 Å². The third-order valence-electron chi connectivity index (χ3n) is 9.70. The quantitative estimate of drug-likeness (QED) is 0.402. The third kappa shape index (κ3) is 7.19. The number of ether oxygens (including phenoxy) is 1. The summed E-state index contributed by atoms with van der Waals surface area (Å²) in [5, 5.41) is 3.02. The average Bonchev–Trinajstić information content (AvgIpc) is 3.61. The van der Waals surface area contributed by atoms with Crippen LogP contribution in [0.1, 0.15) is 63.7 Å². The second kappa shape index (κ2) is 13.1. The molecule has 2 aliphatic heterocycles. The largest absolute Gasteiger partial charge is 0.453 e. The number of benzene rings is 1. The van der Waals surface area contributed by atoms with Crippen LogP contribution in [0.5, 0.6) is 0 Å². The van der Waals surface area contributed by atoms with Crippen molar-refractivity contribution >= 4 is 39.3 Å². The Labute approximate surface area is 258 Å². The van der Waals surface area contributed by atoms with Gasteiger partial charge in [-0.2, -0.15) is 0 Å². The molecule has 2 saturated heterocycles. The van der Waals surface area contributed by atoms with Crippen LogP contribution in [0.15, 0.2) is 24.3 Å². The van der Waals surface area contributed by atoms with Crippen molar-refractivity contribution in [1.82, 2.24) is 19.2 Å². The molecular formula is C30H43ClN6O5S. The lowest BCUT2D eigenvalue weighted by atomic mass is 9.78. The van der Waals surface area contributed by atoms with Crippen LogP contribution in [0.2, 0.25) is 5.15 Å². The minimum Gasteiger partial charge on any atom is -0.453 e. The molecule has 3 unspecified atom stereocenters. The topological polar surface area (TPSA) is 151 Å². The monoisotopic (exact) mass is 634 g/mol. The number of halogens is 1. The van der Waals surface area contributed by atoms with E-state index in [2.05, 4.69) is 15.0 Å². The lowest BCUT2D eigenvalue weighted by molar-refractivity contribution is -0.138. The molecule has 11 nitrogen and oxygen atoms in total. The fourth-order valence-corrected chi connectivity index (χ4v) is 8.24. The van der Waals surface area contributed by atoms with Gasteiger partial charge in [0.15, 0.2) is 0 Å². The van der Waals surface area contributed by atoms with Crippen LogP contribution in [0.3, 0.4) is 0 Å². The Morgan fingerprint density at radius 2 is 1.74 bits per heavy atom. The van der Waals surface area contributed by atoms with Gasteiger partial charge in [-0.1, -0.05) is 23.7 Å². The maximum atomic E-state index is 14.1. The number of nitrogens with zero attached hydrogens (tertiary/aromatic N) is 3. The molecule has 3 aliphatic rings. The highest BCUT2D eigenvalue weighted by atomic mass is 35.5. The summed E-state index contributed by atoms with van der Waals surface area (Å²) in [6, 6.07) is 7.03. The lowest BCUT2D eigenvalue weighted by Gasteiger charge is -2.34. The standard InChI is InChI=1S/C30H43ClN6O5S/c1-18(32)19-4-6-22(7-5-19)29(38)37-17-23(20-12-14-36(15-13-20)43(3,40)41)16-25(37)28-34-26(27(31)35-28)21-8-10-24(11-9-21)33-30(39)42-2/h8-11,18-20,22-23,25H,4-7,12-17,32H2,1-3H3,(H,33,39)(H,34,35). The van der Waals surface area contributed by atoms with Crippen LogP contribution in [-0.4, -0.2) is 78.6 Å². The fourth-order valence-electron chi connectivity index (χ4n) is 7.12. The van der Waals surface area contributed by atoms with E-state index in [1.165, 1.54) is 13.4 Å². The number of sulfonamides is 1. The smallest absolute Gasteiger partial charge is 0.411 e. The molecular weight excluding hydrogens is 592 g/mol. The van der Waals surface area contributed by atoms with E-state index in [4.69, 9.17) is 22.3 Å². The van der Waals surface area contributed by atoms with Gasteiger partial charge in [-0.05, 0) is 81.8 Å². The van der Waals surface area contributed by atoms with E-state index in [1.54, 1.807) is 16.4 Å². The predicted molar refractivity (Wildman–Crippen MR) is 166 cm³/mol. The first-order chi connectivity index (χ1) is 20.4. The molecule has 0 radical (unpaired) electrons. The van der Waals surface area contributed by atoms with Crippen molar-refractivity contribution in [2.45, 2.75) is 64.0 Å². The van der Waals surface area contributed by atoms with E-state index >= 15 is 0 Å². The number of methoxy groups -OCH3 is 1. The van der Waals surface area contributed by atoms with Crippen LogP contribution in [0.4, 0.5) is 10.5 Å². The number of hydrogen-bond acceptors (Lipinski definition) is 7. The molecule has 1 aliphatic carbocycles. The van der Waals surface area contributed by atoms with Gasteiger partial charge in [0.25, 0.3) is 0 Å². The number of piperidine rings is 1. The van der Waals surface area contributed by atoms with Crippen molar-refractivity contribution in [2.24, 2.45) is 29.4 Å². The van der Waals surface area contributed by atoms with Gasteiger partial charge in [-0.15, -0.1) is 0 Å². The zero-order chi connectivity index (χ0) is 30.9.